The van der Waals surface area contributed by atoms with Crippen LogP contribution >= 0.6 is 27.3 Å². The van der Waals surface area contributed by atoms with Gasteiger partial charge in [-0.1, -0.05) is 37.3 Å². The van der Waals surface area contributed by atoms with Crippen LogP contribution in [0.1, 0.15) is 12.5 Å². The van der Waals surface area contributed by atoms with Gasteiger partial charge in [0.15, 0.2) is 9.96 Å². The van der Waals surface area contributed by atoms with Crippen LogP contribution in [0.2, 0.25) is 0 Å². The number of methoxy groups -OCH3 is 1. The minimum Gasteiger partial charge on any atom is -0.493 e. The van der Waals surface area contributed by atoms with Crippen LogP contribution in [0, 0.1) is 0 Å². The number of halogens is 1. The molecule has 0 aliphatic carbocycles. The smallest absolute Gasteiger partial charge is 0.256 e. The van der Waals surface area contributed by atoms with Crippen LogP contribution in [0.15, 0.2) is 44.4 Å². The van der Waals surface area contributed by atoms with Gasteiger partial charge in [0.05, 0.1) is 11.6 Å². The Morgan fingerprint density at radius 1 is 1.29 bits per heavy atom. The molecular weight excluding hydrogens is 374 g/mol. The molecular formula is C14H16BrNO3S2. The SMILES string of the molecule is CCN(Cc1ccccc1)S(=O)(=O)c1scc(Br)c1OC. The first-order chi connectivity index (χ1) is 10.0. The van der Waals surface area contributed by atoms with Gasteiger partial charge in [-0.05, 0) is 21.5 Å². The lowest BCUT2D eigenvalue weighted by Gasteiger charge is -2.20. The fourth-order valence-electron chi connectivity index (χ4n) is 1.94. The first-order valence-electron chi connectivity index (χ1n) is 6.35. The predicted molar refractivity (Wildman–Crippen MR) is 88.3 cm³/mol. The van der Waals surface area contributed by atoms with Crippen molar-refractivity contribution in [1.82, 2.24) is 4.31 Å². The summed E-state index contributed by atoms with van der Waals surface area (Å²) in [4.78, 5) is 0. The van der Waals surface area contributed by atoms with E-state index in [0.717, 1.165) is 16.9 Å². The molecule has 2 aromatic rings. The van der Waals surface area contributed by atoms with Crippen molar-refractivity contribution in [2.75, 3.05) is 13.7 Å². The number of hydrogen-bond donors (Lipinski definition) is 0. The zero-order chi connectivity index (χ0) is 15.5. The van der Waals surface area contributed by atoms with Crippen LogP contribution in [-0.2, 0) is 16.6 Å². The van der Waals surface area contributed by atoms with Crippen LogP contribution in [0.3, 0.4) is 0 Å². The minimum atomic E-state index is -3.57. The van der Waals surface area contributed by atoms with Crippen LogP contribution in [0.5, 0.6) is 5.75 Å². The van der Waals surface area contributed by atoms with Crippen molar-refractivity contribution in [1.29, 1.82) is 0 Å². The third kappa shape index (κ3) is 3.48. The highest BCUT2D eigenvalue weighted by atomic mass is 79.9. The molecule has 0 amide bonds. The summed E-state index contributed by atoms with van der Waals surface area (Å²) in [6, 6.07) is 9.55. The second kappa shape index (κ2) is 6.91. The van der Waals surface area contributed by atoms with E-state index in [1.807, 2.05) is 37.3 Å². The molecule has 0 fully saturated rings. The number of benzene rings is 1. The van der Waals surface area contributed by atoms with Gasteiger partial charge < -0.3 is 4.74 Å². The summed E-state index contributed by atoms with van der Waals surface area (Å²) in [5.41, 5.74) is 0.956. The highest BCUT2D eigenvalue weighted by Crippen LogP contribution is 2.39. The number of thiophene rings is 1. The standard InChI is InChI=1S/C14H16BrNO3S2/c1-3-16(9-11-7-5-4-6-8-11)21(17,18)14-13(19-2)12(15)10-20-14/h4-8,10H,3,9H2,1-2H3. The van der Waals surface area contributed by atoms with E-state index >= 15 is 0 Å². The molecule has 0 radical (unpaired) electrons. The van der Waals surface area contributed by atoms with Gasteiger partial charge in [-0.2, -0.15) is 4.31 Å². The van der Waals surface area contributed by atoms with Gasteiger partial charge in [0.1, 0.15) is 0 Å². The largest absolute Gasteiger partial charge is 0.493 e. The molecule has 0 unspecified atom stereocenters. The van der Waals surface area contributed by atoms with E-state index in [1.54, 1.807) is 5.38 Å². The molecule has 0 saturated heterocycles. The Bertz CT molecular complexity index is 698. The number of ether oxygens (including phenoxy) is 1. The van der Waals surface area contributed by atoms with E-state index < -0.39 is 10.0 Å². The van der Waals surface area contributed by atoms with Crippen molar-refractivity contribution in [3.63, 3.8) is 0 Å². The van der Waals surface area contributed by atoms with E-state index in [2.05, 4.69) is 15.9 Å². The number of sulfonamides is 1. The average Bonchev–Trinajstić information content (AvgIpc) is 2.87. The Morgan fingerprint density at radius 3 is 2.52 bits per heavy atom. The first kappa shape index (κ1) is 16.5. The zero-order valence-electron chi connectivity index (χ0n) is 11.7. The van der Waals surface area contributed by atoms with E-state index in [1.165, 1.54) is 11.4 Å². The minimum absolute atomic E-state index is 0.231. The van der Waals surface area contributed by atoms with Crippen molar-refractivity contribution in [2.45, 2.75) is 17.7 Å². The number of nitrogens with zero attached hydrogens (tertiary/aromatic N) is 1. The fraction of sp³-hybridized carbons (Fsp3) is 0.286. The van der Waals surface area contributed by atoms with Crippen LogP contribution in [-0.4, -0.2) is 26.4 Å². The summed E-state index contributed by atoms with van der Waals surface area (Å²) in [6.45, 7) is 2.57. The van der Waals surface area contributed by atoms with Gasteiger partial charge in [0, 0.05) is 18.5 Å². The molecule has 1 aromatic heterocycles. The molecule has 0 atom stereocenters. The molecule has 21 heavy (non-hydrogen) atoms. The van der Waals surface area contributed by atoms with Crippen molar-refractivity contribution < 1.29 is 13.2 Å². The molecule has 0 aliphatic rings. The van der Waals surface area contributed by atoms with Gasteiger partial charge in [-0.3, -0.25) is 0 Å². The maximum absolute atomic E-state index is 12.8. The van der Waals surface area contributed by atoms with Crippen molar-refractivity contribution >= 4 is 37.3 Å². The second-order valence-corrected chi connectivity index (χ2v) is 8.19. The molecule has 1 heterocycles. The van der Waals surface area contributed by atoms with Gasteiger partial charge >= 0.3 is 0 Å². The van der Waals surface area contributed by atoms with Gasteiger partial charge in [0.2, 0.25) is 0 Å². The second-order valence-electron chi connectivity index (χ2n) is 4.32. The quantitative estimate of drug-likeness (QED) is 0.755. The summed E-state index contributed by atoms with van der Waals surface area (Å²) >= 11 is 4.47. The Labute approximate surface area is 137 Å². The monoisotopic (exact) mass is 389 g/mol. The number of rotatable bonds is 6. The first-order valence-corrected chi connectivity index (χ1v) is 9.47. The summed E-state index contributed by atoms with van der Waals surface area (Å²) in [6.07, 6.45) is 0. The van der Waals surface area contributed by atoms with Crippen LogP contribution < -0.4 is 4.74 Å². The Morgan fingerprint density at radius 2 is 1.95 bits per heavy atom. The van der Waals surface area contributed by atoms with E-state index in [4.69, 9.17) is 4.74 Å². The maximum atomic E-state index is 12.8. The summed E-state index contributed by atoms with van der Waals surface area (Å²) in [5.74, 6) is 0.367. The fourth-order valence-corrected chi connectivity index (χ4v) is 5.73. The molecule has 0 aliphatic heterocycles. The normalized spacial score (nSPS) is 11.8. The molecule has 0 saturated carbocycles. The van der Waals surface area contributed by atoms with E-state index in [9.17, 15) is 8.42 Å². The molecule has 1 aromatic carbocycles. The third-order valence-corrected chi connectivity index (χ3v) is 7.29. The van der Waals surface area contributed by atoms with Crippen molar-refractivity contribution in [2.24, 2.45) is 0 Å². The summed E-state index contributed by atoms with van der Waals surface area (Å²) < 4.78 is 33.1. The Hall–Kier alpha value is -0.890. The summed E-state index contributed by atoms with van der Waals surface area (Å²) in [7, 11) is -2.10. The van der Waals surface area contributed by atoms with E-state index in [-0.39, 0.29) is 4.21 Å². The lowest BCUT2D eigenvalue weighted by atomic mass is 10.2. The van der Waals surface area contributed by atoms with Gasteiger partial charge in [-0.25, -0.2) is 8.42 Å². The van der Waals surface area contributed by atoms with Crippen LogP contribution in [0.4, 0.5) is 0 Å². The maximum Gasteiger partial charge on any atom is 0.256 e. The topological polar surface area (TPSA) is 46.6 Å². The molecule has 2 rings (SSSR count). The summed E-state index contributed by atoms with van der Waals surface area (Å²) in [5, 5.41) is 1.72. The number of hydrogen-bond acceptors (Lipinski definition) is 4. The predicted octanol–water partition coefficient (Wildman–Crippen LogP) is 3.73. The lowest BCUT2D eigenvalue weighted by molar-refractivity contribution is 0.394. The molecule has 0 bridgehead atoms. The van der Waals surface area contributed by atoms with Gasteiger partial charge in [0.25, 0.3) is 10.0 Å². The van der Waals surface area contributed by atoms with Crippen LogP contribution in [0.25, 0.3) is 0 Å². The van der Waals surface area contributed by atoms with Crippen molar-refractivity contribution in [3.05, 3.63) is 45.7 Å². The lowest BCUT2D eigenvalue weighted by Crippen LogP contribution is -2.30. The van der Waals surface area contributed by atoms with E-state index in [0.29, 0.717) is 23.3 Å². The highest BCUT2D eigenvalue weighted by molar-refractivity contribution is 9.10. The molecule has 4 nitrogen and oxygen atoms in total. The van der Waals surface area contributed by atoms with Crippen molar-refractivity contribution in [3.8, 4) is 5.75 Å². The molecule has 0 N–H and O–H groups in total. The Balaban J connectivity index is 2.36. The average molecular weight is 390 g/mol. The third-order valence-electron chi connectivity index (χ3n) is 3.00. The molecule has 0 spiro atoms. The Kier molecular flexibility index (Phi) is 5.43. The highest BCUT2D eigenvalue weighted by Gasteiger charge is 2.29. The molecule has 7 heteroatoms. The molecule has 114 valence electrons. The van der Waals surface area contributed by atoms with Gasteiger partial charge in [-0.15, -0.1) is 11.3 Å². The zero-order valence-corrected chi connectivity index (χ0v) is 15.0.